The molecular formula is C18H23N3O6. The molecule has 27 heavy (non-hydrogen) atoms. The van der Waals surface area contributed by atoms with Crippen molar-refractivity contribution >= 4 is 23.9 Å². The zero-order valence-corrected chi connectivity index (χ0v) is 14.9. The molecule has 1 aliphatic heterocycles. The number of benzene rings is 1. The lowest BCUT2D eigenvalue weighted by atomic mass is 10.1. The minimum atomic E-state index is -1.05. The first-order valence-electron chi connectivity index (χ1n) is 8.76. The maximum Gasteiger partial charge on any atom is 0.408 e. The second-order valence-corrected chi connectivity index (χ2v) is 6.04. The van der Waals surface area contributed by atoms with E-state index in [-0.39, 0.29) is 25.9 Å². The third kappa shape index (κ3) is 6.37. The van der Waals surface area contributed by atoms with Gasteiger partial charge in [-0.1, -0.05) is 30.3 Å². The molecular weight excluding hydrogens is 354 g/mol. The van der Waals surface area contributed by atoms with Crippen molar-refractivity contribution < 1.29 is 28.8 Å². The van der Waals surface area contributed by atoms with E-state index < -0.39 is 29.9 Å². The van der Waals surface area contributed by atoms with Gasteiger partial charge in [-0.05, 0) is 31.4 Å². The fourth-order valence-corrected chi connectivity index (χ4v) is 2.46. The molecule has 0 saturated carbocycles. The fraction of sp³-hybridized carbons (Fsp3) is 0.444. The second-order valence-electron chi connectivity index (χ2n) is 6.04. The fourth-order valence-electron chi connectivity index (χ4n) is 2.46. The summed E-state index contributed by atoms with van der Waals surface area (Å²) in [7, 11) is 0. The van der Waals surface area contributed by atoms with Crippen LogP contribution in [0, 0.1) is 0 Å². The van der Waals surface area contributed by atoms with Crippen LogP contribution in [-0.2, 0) is 30.6 Å². The van der Waals surface area contributed by atoms with Gasteiger partial charge in [0.1, 0.15) is 12.6 Å². The number of ether oxygens (including phenoxy) is 1. The van der Waals surface area contributed by atoms with Crippen molar-refractivity contribution in [1.29, 1.82) is 0 Å². The number of amides is 3. The van der Waals surface area contributed by atoms with Gasteiger partial charge in [0.05, 0.1) is 0 Å². The lowest BCUT2D eigenvalue weighted by molar-refractivity contribution is -0.199. The highest BCUT2D eigenvalue weighted by atomic mass is 16.7. The summed E-state index contributed by atoms with van der Waals surface area (Å²) < 4.78 is 5.10. The normalized spacial score (nSPS) is 14.8. The zero-order valence-electron chi connectivity index (χ0n) is 14.9. The number of hydrogen-bond acceptors (Lipinski definition) is 7. The van der Waals surface area contributed by atoms with E-state index in [1.54, 1.807) is 12.1 Å². The number of nitrogens with one attached hydrogen (secondary N) is 1. The molecule has 3 N–H and O–H groups in total. The van der Waals surface area contributed by atoms with E-state index in [0.29, 0.717) is 24.4 Å². The molecule has 0 unspecified atom stereocenters. The highest BCUT2D eigenvalue weighted by Crippen LogP contribution is 2.14. The first-order chi connectivity index (χ1) is 13.0. The van der Waals surface area contributed by atoms with Crippen molar-refractivity contribution in [2.24, 2.45) is 5.73 Å². The summed E-state index contributed by atoms with van der Waals surface area (Å²) in [4.78, 5) is 52.4. The average Bonchev–Trinajstić information content (AvgIpc) is 2.98. The minimum absolute atomic E-state index is 0.00347. The largest absolute Gasteiger partial charge is 0.445 e. The summed E-state index contributed by atoms with van der Waals surface area (Å²) in [5.74, 6) is -2.06. The molecule has 2 rings (SSSR count). The van der Waals surface area contributed by atoms with E-state index in [2.05, 4.69) is 5.32 Å². The number of nitrogens with two attached hydrogens (primary N) is 1. The van der Waals surface area contributed by atoms with Crippen LogP contribution in [0.1, 0.15) is 37.7 Å². The molecule has 9 nitrogen and oxygen atoms in total. The molecule has 0 spiro atoms. The maximum absolute atomic E-state index is 12.3. The van der Waals surface area contributed by atoms with Gasteiger partial charge in [-0.25, -0.2) is 9.59 Å². The van der Waals surface area contributed by atoms with E-state index in [0.717, 1.165) is 5.56 Å². The Labute approximate surface area is 156 Å². The molecule has 1 aliphatic rings. The standard InChI is InChI=1S/C18H23N3O6/c19-11-5-4-8-14(17(24)27-21-15(22)9-10-16(21)23)20-18(25)26-12-13-6-2-1-3-7-13/h1-3,6-7,14H,4-5,8-12,19H2,(H,20,25)/t14-/m0/s1. The lowest BCUT2D eigenvalue weighted by Gasteiger charge is -2.20. The van der Waals surface area contributed by atoms with Gasteiger partial charge in [0, 0.05) is 12.8 Å². The molecule has 0 bridgehead atoms. The van der Waals surface area contributed by atoms with Gasteiger partial charge in [-0.15, -0.1) is 5.06 Å². The second kappa shape index (κ2) is 10.3. The van der Waals surface area contributed by atoms with Crippen molar-refractivity contribution in [3.63, 3.8) is 0 Å². The van der Waals surface area contributed by atoms with E-state index in [1.165, 1.54) is 0 Å². The Morgan fingerprint density at radius 1 is 1.11 bits per heavy atom. The van der Waals surface area contributed by atoms with Gasteiger partial charge in [0.15, 0.2) is 0 Å². The monoisotopic (exact) mass is 377 g/mol. The Bertz CT molecular complexity index is 663. The zero-order chi connectivity index (χ0) is 19.6. The van der Waals surface area contributed by atoms with E-state index in [1.807, 2.05) is 18.2 Å². The van der Waals surface area contributed by atoms with Crippen LogP contribution < -0.4 is 11.1 Å². The number of hydrogen-bond donors (Lipinski definition) is 2. The van der Waals surface area contributed by atoms with Crippen molar-refractivity contribution in [3.05, 3.63) is 35.9 Å². The Balaban J connectivity index is 1.91. The topological polar surface area (TPSA) is 128 Å². The number of alkyl carbamates (subject to hydrolysis) is 1. The molecule has 1 aromatic carbocycles. The quantitative estimate of drug-likeness (QED) is 0.485. The molecule has 1 aromatic rings. The van der Waals surface area contributed by atoms with Crippen LogP contribution in [0.3, 0.4) is 0 Å². The van der Waals surface area contributed by atoms with Crippen molar-refractivity contribution in [2.45, 2.75) is 44.8 Å². The van der Waals surface area contributed by atoms with Crippen LogP contribution in [0.15, 0.2) is 30.3 Å². The number of unbranched alkanes of at least 4 members (excludes halogenated alkanes) is 1. The van der Waals surface area contributed by atoms with E-state index >= 15 is 0 Å². The predicted molar refractivity (Wildman–Crippen MR) is 93.6 cm³/mol. The van der Waals surface area contributed by atoms with Gasteiger partial charge in [-0.2, -0.15) is 0 Å². The van der Waals surface area contributed by atoms with Gasteiger partial charge in [0.2, 0.25) is 0 Å². The first-order valence-corrected chi connectivity index (χ1v) is 8.76. The van der Waals surface area contributed by atoms with Crippen molar-refractivity contribution in [1.82, 2.24) is 10.4 Å². The van der Waals surface area contributed by atoms with Crippen LogP contribution in [0.5, 0.6) is 0 Å². The van der Waals surface area contributed by atoms with Crippen molar-refractivity contribution in [3.8, 4) is 0 Å². The molecule has 0 aromatic heterocycles. The predicted octanol–water partition coefficient (Wildman–Crippen LogP) is 1.02. The lowest BCUT2D eigenvalue weighted by Crippen LogP contribution is -2.45. The Morgan fingerprint density at radius 2 is 1.78 bits per heavy atom. The molecule has 1 saturated heterocycles. The third-order valence-electron chi connectivity index (χ3n) is 3.92. The van der Waals surface area contributed by atoms with Crippen LogP contribution in [0.25, 0.3) is 0 Å². The summed E-state index contributed by atoms with van der Waals surface area (Å²) in [6, 6.07) is 8.01. The van der Waals surface area contributed by atoms with E-state index in [4.69, 9.17) is 15.3 Å². The Kier molecular flexibility index (Phi) is 7.75. The average molecular weight is 377 g/mol. The smallest absolute Gasteiger partial charge is 0.408 e. The number of imide groups is 1. The van der Waals surface area contributed by atoms with Crippen LogP contribution in [-0.4, -0.2) is 41.5 Å². The summed E-state index contributed by atoms with van der Waals surface area (Å²) in [6.45, 7) is 0.476. The molecule has 1 heterocycles. The first kappa shape index (κ1) is 20.4. The van der Waals surface area contributed by atoms with Gasteiger partial charge >= 0.3 is 12.1 Å². The molecule has 0 aliphatic carbocycles. The molecule has 146 valence electrons. The Hall–Kier alpha value is -2.94. The highest BCUT2D eigenvalue weighted by molar-refractivity contribution is 6.01. The summed E-state index contributed by atoms with van der Waals surface area (Å²) >= 11 is 0. The van der Waals surface area contributed by atoms with Crippen molar-refractivity contribution in [2.75, 3.05) is 6.54 Å². The van der Waals surface area contributed by atoms with Gasteiger partial charge in [0.25, 0.3) is 11.8 Å². The minimum Gasteiger partial charge on any atom is -0.445 e. The molecule has 1 fully saturated rings. The summed E-state index contributed by atoms with van der Waals surface area (Å²) in [5.41, 5.74) is 6.24. The third-order valence-corrected chi connectivity index (χ3v) is 3.92. The highest BCUT2D eigenvalue weighted by Gasteiger charge is 2.35. The molecule has 0 radical (unpaired) electrons. The van der Waals surface area contributed by atoms with Crippen LogP contribution in [0.2, 0.25) is 0 Å². The van der Waals surface area contributed by atoms with E-state index in [9.17, 15) is 19.2 Å². The maximum atomic E-state index is 12.3. The van der Waals surface area contributed by atoms with Gasteiger partial charge < -0.3 is 20.6 Å². The number of carbonyl (C=O) groups excluding carboxylic acids is 4. The van der Waals surface area contributed by atoms with Crippen LogP contribution >= 0.6 is 0 Å². The number of rotatable bonds is 9. The number of carbonyl (C=O) groups is 4. The number of hydroxylamine groups is 2. The molecule has 9 heteroatoms. The SMILES string of the molecule is NCCCC[C@H](NC(=O)OCc1ccccc1)C(=O)ON1C(=O)CCC1=O. The van der Waals surface area contributed by atoms with Crippen LogP contribution in [0.4, 0.5) is 4.79 Å². The summed E-state index contributed by atoms with van der Waals surface area (Å²) in [6.07, 6.45) is 0.635. The molecule has 1 atom stereocenters. The molecule has 3 amide bonds. The number of nitrogens with zero attached hydrogens (tertiary/aromatic N) is 1. The van der Waals surface area contributed by atoms with Gasteiger partial charge in [-0.3, -0.25) is 9.59 Å². The summed E-state index contributed by atoms with van der Waals surface area (Å²) in [5, 5.41) is 2.88. The Morgan fingerprint density at radius 3 is 2.41 bits per heavy atom.